The van der Waals surface area contributed by atoms with E-state index in [1.807, 2.05) is 67.6 Å². The monoisotopic (exact) mass is 587 g/mol. The molecule has 1 aromatic heterocycles. The average Bonchev–Trinajstić information content (AvgIpc) is 3.43. The van der Waals surface area contributed by atoms with E-state index in [0.717, 1.165) is 32.8 Å². The number of carbonyl (C=O) groups excluding carboxylic acids is 2. The average molecular weight is 588 g/mol. The Kier molecular flexibility index (Phi) is 7.89. The van der Waals surface area contributed by atoms with Crippen LogP contribution in [0.4, 0.5) is 0 Å². The predicted molar refractivity (Wildman–Crippen MR) is 170 cm³/mol. The molecule has 0 aliphatic carbocycles. The number of hydrogen-bond acceptors (Lipinski definition) is 5. The molecular formula is C35H26ClN3O4. The molecule has 6 aromatic rings. The molecule has 2 N–H and O–H groups in total. The molecule has 0 saturated carbocycles. The van der Waals surface area contributed by atoms with Crippen molar-refractivity contribution in [1.82, 2.24) is 10.4 Å². The summed E-state index contributed by atoms with van der Waals surface area (Å²) in [7, 11) is 0. The highest BCUT2D eigenvalue weighted by Crippen LogP contribution is 2.36. The zero-order valence-electron chi connectivity index (χ0n) is 23.1. The Balaban J connectivity index is 1.26. The van der Waals surface area contributed by atoms with Gasteiger partial charge in [-0.2, -0.15) is 5.10 Å². The topological polar surface area (TPSA) is 92.8 Å². The third-order valence-corrected chi connectivity index (χ3v) is 7.17. The minimum Gasteiger partial charge on any atom is -0.490 e. The van der Waals surface area contributed by atoms with Crippen LogP contribution < -0.4 is 14.9 Å². The van der Waals surface area contributed by atoms with Crippen LogP contribution in [0.25, 0.3) is 32.8 Å². The van der Waals surface area contributed by atoms with Crippen molar-refractivity contribution in [1.29, 1.82) is 0 Å². The van der Waals surface area contributed by atoms with Crippen LogP contribution in [-0.2, 0) is 0 Å². The molecule has 212 valence electrons. The van der Waals surface area contributed by atoms with Crippen molar-refractivity contribution in [3.8, 4) is 22.6 Å². The lowest BCUT2D eigenvalue weighted by molar-refractivity contribution is 0.0728. The maximum Gasteiger partial charge on any atom is 0.343 e. The van der Waals surface area contributed by atoms with Crippen molar-refractivity contribution in [2.24, 2.45) is 5.10 Å². The standard InChI is InChI=1S/C35H26ClN3O4/c1-2-42-30-20-22(12-19-29(30)43-35(41)25-13-16-26(36)17-14-25)21-37-39-34(40)33-31(24-9-4-3-5-10-24)28-18-15-23-8-6-7-11-27(23)32(28)38-33/h3-21,38H,2H2,1H3,(H,39,40). The first kappa shape index (κ1) is 27.8. The number of esters is 1. The second-order valence-corrected chi connectivity index (χ2v) is 10.1. The van der Waals surface area contributed by atoms with Gasteiger partial charge in [0.05, 0.1) is 23.9 Å². The van der Waals surface area contributed by atoms with E-state index < -0.39 is 5.97 Å². The van der Waals surface area contributed by atoms with E-state index in [2.05, 4.69) is 21.6 Å². The Hall–Kier alpha value is -5.40. The zero-order valence-corrected chi connectivity index (χ0v) is 23.9. The summed E-state index contributed by atoms with van der Waals surface area (Å²) < 4.78 is 11.3. The highest BCUT2D eigenvalue weighted by molar-refractivity contribution is 6.30. The number of hydrogen-bond donors (Lipinski definition) is 2. The summed E-state index contributed by atoms with van der Waals surface area (Å²) in [4.78, 5) is 29.5. The molecule has 0 bridgehead atoms. The van der Waals surface area contributed by atoms with Gasteiger partial charge in [-0.05, 0) is 65.9 Å². The predicted octanol–water partition coefficient (Wildman–Crippen LogP) is 8.02. The molecule has 0 aliphatic heterocycles. The summed E-state index contributed by atoms with van der Waals surface area (Å²) in [5.41, 5.74) is 6.68. The zero-order chi connectivity index (χ0) is 29.8. The van der Waals surface area contributed by atoms with Gasteiger partial charge >= 0.3 is 5.97 Å². The van der Waals surface area contributed by atoms with Crippen LogP contribution in [0.3, 0.4) is 0 Å². The molecule has 0 aliphatic rings. The first-order valence-corrected chi connectivity index (χ1v) is 14.1. The van der Waals surface area contributed by atoms with Crippen LogP contribution in [0.2, 0.25) is 5.02 Å². The van der Waals surface area contributed by atoms with Crippen molar-refractivity contribution < 1.29 is 19.1 Å². The van der Waals surface area contributed by atoms with Gasteiger partial charge in [-0.3, -0.25) is 4.79 Å². The van der Waals surface area contributed by atoms with Crippen LogP contribution >= 0.6 is 11.6 Å². The number of halogens is 1. The number of amides is 1. The third-order valence-electron chi connectivity index (χ3n) is 6.92. The van der Waals surface area contributed by atoms with Crippen LogP contribution in [-0.4, -0.2) is 29.7 Å². The molecule has 5 aromatic carbocycles. The number of rotatable bonds is 8. The quantitative estimate of drug-likeness (QED) is 0.0816. The minimum atomic E-state index is -0.536. The summed E-state index contributed by atoms with van der Waals surface area (Å²) in [6.45, 7) is 2.19. The molecule has 0 unspecified atom stereocenters. The second kappa shape index (κ2) is 12.2. The number of ether oxygens (including phenoxy) is 2. The molecule has 8 heteroatoms. The van der Waals surface area contributed by atoms with Gasteiger partial charge in [-0.1, -0.05) is 78.3 Å². The molecule has 0 spiro atoms. The van der Waals surface area contributed by atoms with E-state index in [1.165, 1.54) is 6.21 Å². The lowest BCUT2D eigenvalue weighted by Gasteiger charge is -2.11. The number of hydrazone groups is 1. The Morgan fingerprint density at radius 2 is 1.63 bits per heavy atom. The molecule has 0 radical (unpaired) electrons. The van der Waals surface area contributed by atoms with Gasteiger partial charge < -0.3 is 14.5 Å². The van der Waals surface area contributed by atoms with Gasteiger partial charge in [0.2, 0.25) is 0 Å². The fraction of sp³-hybridized carbons (Fsp3) is 0.0571. The van der Waals surface area contributed by atoms with Gasteiger partial charge in [-0.25, -0.2) is 10.2 Å². The summed E-state index contributed by atoms with van der Waals surface area (Å²) in [6, 6.07) is 33.4. The van der Waals surface area contributed by atoms with Crippen molar-refractivity contribution in [2.75, 3.05) is 6.61 Å². The van der Waals surface area contributed by atoms with Crippen LogP contribution in [0, 0.1) is 0 Å². The van der Waals surface area contributed by atoms with Gasteiger partial charge in [-0.15, -0.1) is 0 Å². The summed E-state index contributed by atoms with van der Waals surface area (Å²) in [5, 5.41) is 7.79. The molecule has 1 amide bonds. The molecule has 6 rings (SSSR count). The highest BCUT2D eigenvalue weighted by atomic mass is 35.5. The number of aromatic nitrogens is 1. The number of aromatic amines is 1. The van der Waals surface area contributed by atoms with Crippen molar-refractivity contribution >= 4 is 51.4 Å². The van der Waals surface area contributed by atoms with Gasteiger partial charge in [0.25, 0.3) is 5.91 Å². The SMILES string of the molecule is CCOc1cc(C=NNC(=O)c2[nH]c3c(ccc4ccccc43)c2-c2ccccc2)ccc1OC(=O)c1ccc(Cl)cc1. The maximum absolute atomic E-state index is 13.5. The fourth-order valence-corrected chi connectivity index (χ4v) is 5.06. The highest BCUT2D eigenvalue weighted by Gasteiger charge is 2.20. The van der Waals surface area contributed by atoms with Crippen LogP contribution in [0.1, 0.15) is 33.3 Å². The number of nitrogens with one attached hydrogen (secondary N) is 2. The summed E-state index contributed by atoms with van der Waals surface area (Å²) in [6.07, 6.45) is 1.51. The molecule has 0 saturated heterocycles. The van der Waals surface area contributed by atoms with E-state index in [-0.39, 0.29) is 11.7 Å². The van der Waals surface area contributed by atoms with E-state index >= 15 is 0 Å². The van der Waals surface area contributed by atoms with Gasteiger partial charge in [0, 0.05) is 21.4 Å². The molecule has 0 fully saturated rings. The minimum absolute atomic E-state index is 0.265. The number of benzene rings is 5. The smallest absolute Gasteiger partial charge is 0.343 e. The first-order chi connectivity index (χ1) is 21.0. The third kappa shape index (κ3) is 5.84. The summed E-state index contributed by atoms with van der Waals surface area (Å²) in [5.74, 6) is -0.282. The van der Waals surface area contributed by atoms with E-state index in [9.17, 15) is 9.59 Å². The lowest BCUT2D eigenvalue weighted by atomic mass is 9.99. The fourth-order valence-electron chi connectivity index (χ4n) is 4.94. The number of fused-ring (bicyclic) bond motifs is 3. The molecule has 7 nitrogen and oxygen atoms in total. The molecule has 0 atom stereocenters. The maximum atomic E-state index is 13.5. The van der Waals surface area contributed by atoms with E-state index in [4.69, 9.17) is 21.1 Å². The van der Waals surface area contributed by atoms with Gasteiger partial charge in [0.15, 0.2) is 11.5 Å². The van der Waals surface area contributed by atoms with E-state index in [1.54, 1.807) is 42.5 Å². The van der Waals surface area contributed by atoms with Crippen molar-refractivity contribution in [3.05, 3.63) is 131 Å². The molecular weight excluding hydrogens is 562 g/mol. The Morgan fingerprint density at radius 1 is 0.860 bits per heavy atom. The summed E-state index contributed by atoms with van der Waals surface area (Å²) >= 11 is 5.92. The molecule has 1 heterocycles. The largest absolute Gasteiger partial charge is 0.490 e. The van der Waals surface area contributed by atoms with Crippen molar-refractivity contribution in [3.63, 3.8) is 0 Å². The van der Waals surface area contributed by atoms with Crippen molar-refractivity contribution in [2.45, 2.75) is 6.92 Å². The van der Waals surface area contributed by atoms with Gasteiger partial charge in [0.1, 0.15) is 5.69 Å². The number of nitrogens with zero attached hydrogens (tertiary/aromatic N) is 1. The number of H-pyrrole nitrogens is 1. The normalized spacial score (nSPS) is 11.2. The first-order valence-electron chi connectivity index (χ1n) is 13.7. The number of carbonyl (C=O) groups is 2. The van der Waals surface area contributed by atoms with E-state index in [0.29, 0.717) is 34.2 Å². The van der Waals surface area contributed by atoms with Crippen LogP contribution in [0.5, 0.6) is 11.5 Å². The lowest BCUT2D eigenvalue weighted by Crippen LogP contribution is -2.18. The Bertz CT molecular complexity index is 1980. The molecule has 43 heavy (non-hydrogen) atoms. The van der Waals surface area contributed by atoms with Crippen LogP contribution in [0.15, 0.2) is 114 Å². The second-order valence-electron chi connectivity index (χ2n) is 9.69. The Morgan fingerprint density at radius 3 is 2.42 bits per heavy atom. The Labute approximate surface area is 252 Å².